The maximum atomic E-state index is 11.1. The summed E-state index contributed by atoms with van der Waals surface area (Å²) in [5.74, 6) is -2.46. The largest absolute Gasteiger partial charge is 0.478 e. The number of rotatable bonds is 2. The van der Waals surface area contributed by atoms with Gasteiger partial charge in [-0.15, -0.1) is 0 Å². The van der Waals surface area contributed by atoms with E-state index in [1.54, 1.807) is 30.3 Å². The van der Waals surface area contributed by atoms with Gasteiger partial charge in [-0.1, -0.05) is 30.3 Å². The van der Waals surface area contributed by atoms with Crippen LogP contribution in [-0.4, -0.2) is 81.3 Å². The normalized spacial score (nSPS) is 9.11. The van der Waals surface area contributed by atoms with E-state index in [2.05, 4.69) is 0 Å². The molecule has 2 radical (unpaired) electrons. The Kier molecular flexibility index (Phi) is 7.14. The summed E-state index contributed by atoms with van der Waals surface area (Å²) in [5.41, 5.74) is -0.350. The Hall–Kier alpha value is -0.360. The molecule has 0 bridgehead atoms. The van der Waals surface area contributed by atoms with Gasteiger partial charge in [-0.3, -0.25) is 0 Å². The van der Waals surface area contributed by atoms with Crippen molar-refractivity contribution in [3.8, 4) is 0 Å². The minimum Gasteiger partial charge on any atom is -0.478 e. The van der Waals surface area contributed by atoms with E-state index in [9.17, 15) is 9.59 Å². The summed E-state index contributed by atoms with van der Waals surface area (Å²) < 4.78 is 0. The molecule has 0 aliphatic rings. The predicted molar refractivity (Wildman–Crippen MR) is 69.4 cm³/mol. The van der Waals surface area contributed by atoms with Crippen molar-refractivity contribution in [1.82, 2.24) is 0 Å². The zero-order chi connectivity index (χ0) is 11.7. The summed E-state index contributed by atoms with van der Waals surface area (Å²) in [7, 11) is 0. The smallest absolute Gasteiger partial charge is 0.337 e. The molecule has 18 heavy (non-hydrogen) atoms. The summed E-state index contributed by atoms with van der Waals surface area (Å²) in [6.45, 7) is 0. The van der Waals surface area contributed by atoms with Crippen LogP contribution in [-0.2, 0) is 0 Å². The first-order chi connectivity index (χ1) is 7.61. The molecular weight excluding hydrogens is 254 g/mol. The fraction of sp³-hybridized carbons (Fsp3) is 0. The molecule has 4 nitrogen and oxygen atoms in total. The van der Waals surface area contributed by atoms with Gasteiger partial charge in [0.05, 0.1) is 11.1 Å². The van der Waals surface area contributed by atoms with Gasteiger partial charge in [-0.25, -0.2) is 9.59 Å². The third-order valence-corrected chi connectivity index (χ3v) is 2.37. The minimum atomic E-state index is -1.23. The molecule has 0 aromatic heterocycles. The molecule has 0 heterocycles. The van der Waals surface area contributed by atoms with Gasteiger partial charge < -0.3 is 10.2 Å². The number of fused-ring (bicyclic) bond motifs is 1. The number of benzene rings is 2. The van der Waals surface area contributed by atoms with Crippen molar-refractivity contribution >= 4 is 81.8 Å². The molecule has 0 atom stereocenters. The average molecular weight is 262 g/mol. The van der Waals surface area contributed by atoms with Gasteiger partial charge in [-0.2, -0.15) is 0 Å². The maximum absolute atomic E-state index is 11.1. The van der Waals surface area contributed by atoms with E-state index in [0.29, 0.717) is 10.8 Å². The molecule has 0 fully saturated rings. The molecule has 2 aromatic rings. The Labute approximate surface area is 148 Å². The minimum absolute atomic E-state index is 0. The van der Waals surface area contributed by atoms with E-state index in [-0.39, 0.29) is 70.2 Å². The quantitative estimate of drug-likeness (QED) is 0.804. The second kappa shape index (κ2) is 7.28. The summed E-state index contributed by atoms with van der Waals surface area (Å²) in [6, 6.07) is 9.72. The monoisotopic (exact) mass is 262 g/mol. The fourth-order valence-electron chi connectivity index (χ4n) is 1.68. The summed E-state index contributed by atoms with van der Waals surface area (Å²) in [4.78, 5) is 22.0. The van der Waals surface area contributed by atoms with Gasteiger partial charge in [0.25, 0.3) is 0 Å². The number of carbonyl (C=O) groups is 2. The molecule has 82 valence electrons. The summed E-state index contributed by atoms with van der Waals surface area (Å²) in [6.07, 6.45) is 0. The van der Waals surface area contributed by atoms with Crippen molar-refractivity contribution in [2.24, 2.45) is 0 Å². The second-order valence-electron chi connectivity index (χ2n) is 3.32. The van der Waals surface area contributed by atoms with E-state index in [1.165, 1.54) is 6.07 Å². The first kappa shape index (κ1) is 17.6. The SMILES string of the molecule is O=C(O)c1ccc2ccccc2c1C(=O)O.[Na].[Na]. The zero-order valence-electron chi connectivity index (χ0n) is 10.2. The van der Waals surface area contributed by atoms with Crippen LogP contribution in [0, 0.1) is 0 Å². The topological polar surface area (TPSA) is 74.6 Å². The number of hydrogen-bond donors (Lipinski definition) is 2. The summed E-state index contributed by atoms with van der Waals surface area (Å²) in [5, 5.41) is 19.1. The van der Waals surface area contributed by atoms with Gasteiger partial charge in [0.15, 0.2) is 0 Å². The molecular formula is C12H8Na2O4. The van der Waals surface area contributed by atoms with Crippen LogP contribution in [0.1, 0.15) is 20.7 Å². The van der Waals surface area contributed by atoms with Crippen LogP contribution in [0.3, 0.4) is 0 Å². The van der Waals surface area contributed by atoms with Crippen LogP contribution in [0.5, 0.6) is 0 Å². The van der Waals surface area contributed by atoms with Crippen LogP contribution in [0.15, 0.2) is 36.4 Å². The van der Waals surface area contributed by atoms with E-state index < -0.39 is 11.9 Å². The first-order valence-corrected chi connectivity index (χ1v) is 4.59. The standard InChI is InChI=1S/C12H8O4.2Na/c13-11(14)9-6-5-7-3-1-2-4-8(7)10(9)12(15)16;;/h1-6H,(H,13,14)(H,15,16);;. The number of hydrogen-bond acceptors (Lipinski definition) is 2. The van der Waals surface area contributed by atoms with Crippen molar-refractivity contribution in [3.05, 3.63) is 47.5 Å². The molecule has 0 amide bonds. The molecule has 2 N–H and O–H groups in total. The maximum Gasteiger partial charge on any atom is 0.337 e. The number of carboxylic acid groups (broad SMARTS) is 2. The van der Waals surface area contributed by atoms with Crippen molar-refractivity contribution < 1.29 is 19.8 Å². The van der Waals surface area contributed by atoms with Crippen LogP contribution in [0.2, 0.25) is 0 Å². The van der Waals surface area contributed by atoms with Crippen LogP contribution < -0.4 is 0 Å². The molecule has 2 rings (SSSR count). The Morgan fingerprint density at radius 1 is 0.833 bits per heavy atom. The Morgan fingerprint density at radius 2 is 1.44 bits per heavy atom. The van der Waals surface area contributed by atoms with E-state index in [4.69, 9.17) is 10.2 Å². The van der Waals surface area contributed by atoms with Gasteiger partial charge in [0, 0.05) is 59.1 Å². The molecule has 2 aromatic carbocycles. The third kappa shape index (κ3) is 3.35. The van der Waals surface area contributed by atoms with Crippen LogP contribution >= 0.6 is 0 Å². The molecule has 0 aliphatic heterocycles. The van der Waals surface area contributed by atoms with Crippen molar-refractivity contribution in [2.45, 2.75) is 0 Å². The van der Waals surface area contributed by atoms with Crippen molar-refractivity contribution in [2.75, 3.05) is 0 Å². The first-order valence-electron chi connectivity index (χ1n) is 4.59. The molecule has 0 aliphatic carbocycles. The Bertz CT molecular complexity index is 596. The predicted octanol–water partition coefficient (Wildman–Crippen LogP) is 1.47. The fourth-order valence-corrected chi connectivity index (χ4v) is 1.68. The third-order valence-electron chi connectivity index (χ3n) is 2.37. The van der Waals surface area contributed by atoms with Gasteiger partial charge in [-0.05, 0) is 16.8 Å². The van der Waals surface area contributed by atoms with E-state index >= 15 is 0 Å². The van der Waals surface area contributed by atoms with E-state index in [1.807, 2.05) is 0 Å². The van der Waals surface area contributed by atoms with Crippen molar-refractivity contribution in [3.63, 3.8) is 0 Å². The van der Waals surface area contributed by atoms with Crippen molar-refractivity contribution in [1.29, 1.82) is 0 Å². The molecule has 0 saturated heterocycles. The number of carboxylic acids is 2. The summed E-state index contributed by atoms with van der Waals surface area (Å²) >= 11 is 0. The Morgan fingerprint density at radius 3 is 2.00 bits per heavy atom. The van der Waals surface area contributed by atoms with E-state index in [0.717, 1.165) is 0 Å². The Balaban J connectivity index is 0.00000144. The van der Waals surface area contributed by atoms with Gasteiger partial charge >= 0.3 is 11.9 Å². The molecule has 0 saturated carbocycles. The number of aromatic carboxylic acids is 2. The van der Waals surface area contributed by atoms with Crippen LogP contribution in [0.4, 0.5) is 0 Å². The molecule has 0 spiro atoms. The second-order valence-corrected chi connectivity index (χ2v) is 3.32. The average Bonchev–Trinajstić information content (AvgIpc) is 2.27. The van der Waals surface area contributed by atoms with Gasteiger partial charge in [0.2, 0.25) is 0 Å². The van der Waals surface area contributed by atoms with Gasteiger partial charge in [0.1, 0.15) is 0 Å². The van der Waals surface area contributed by atoms with Crippen LogP contribution in [0.25, 0.3) is 10.8 Å². The zero-order valence-corrected chi connectivity index (χ0v) is 14.2. The molecule has 6 heteroatoms. The molecule has 0 unspecified atom stereocenters.